The Morgan fingerprint density at radius 2 is 1.74 bits per heavy atom. The van der Waals surface area contributed by atoms with Crippen molar-refractivity contribution in [2.45, 2.75) is 11.3 Å². The maximum absolute atomic E-state index is 12.8. The largest absolute Gasteiger partial charge is 0.335 e. The zero-order chi connectivity index (χ0) is 19.9. The Labute approximate surface area is 160 Å². The molecule has 0 saturated carbocycles. The Kier molecular flexibility index (Phi) is 7.29. The highest BCUT2D eigenvalue weighted by atomic mass is 32.2. The molecule has 27 heavy (non-hydrogen) atoms. The molecule has 0 aromatic heterocycles. The van der Waals surface area contributed by atoms with Crippen LogP contribution in [0.25, 0.3) is 0 Å². The number of benzene rings is 2. The molecular weight excluding hydrogens is 364 g/mol. The van der Waals surface area contributed by atoms with E-state index in [1.54, 1.807) is 11.0 Å². The summed E-state index contributed by atoms with van der Waals surface area (Å²) >= 11 is 0. The van der Waals surface area contributed by atoms with Crippen molar-refractivity contribution in [1.29, 1.82) is 0 Å². The van der Waals surface area contributed by atoms with Crippen molar-refractivity contribution in [3.05, 3.63) is 78.4 Å². The summed E-state index contributed by atoms with van der Waals surface area (Å²) in [6, 6.07) is 15.7. The molecule has 0 aliphatic rings. The van der Waals surface area contributed by atoms with E-state index in [0.29, 0.717) is 18.7 Å². The Balaban J connectivity index is 2.14. The van der Waals surface area contributed by atoms with E-state index < -0.39 is 10.0 Å². The van der Waals surface area contributed by atoms with Gasteiger partial charge in [-0.1, -0.05) is 40.9 Å². The molecule has 0 radical (unpaired) electrons. The van der Waals surface area contributed by atoms with Gasteiger partial charge in [-0.3, -0.25) is 9.63 Å². The molecule has 0 aliphatic heterocycles. The van der Waals surface area contributed by atoms with E-state index in [1.165, 1.54) is 38.4 Å². The molecule has 2 rings (SSSR count). The van der Waals surface area contributed by atoms with Crippen LogP contribution >= 0.6 is 0 Å². The molecule has 2 aromatic rings. The van der Waals surface area contributed by atoms with Gasteiger partial charge < -0.3 is 4.90 Å². The number of carbonyl (C=O) groups is 1. The molecule has 0 heterocycles. The number of sulfonamides is 1. The molecule has 2 aromatic carbocycles. The van der Waals surface area contributed by atoms with Crippen molar-refractivity contribution in [2.24, 2.45) is 0 Å². The Hall–Kier alpha value is -2.48. The molecule has 7 heteroatoms. The van der Waals surface area contributed by atoms with Gasteiger partial charge in [0.2, 0.25) is 0 Å². The summed E-state index contributed by atoms with van der Waals surface area (Å²) in [5.74, 6) is -0.171. The summed E-state index contributed by atoms with van der Waals surface area (Å²) in [6.07, 6.45) is 2.40. The standard InChI is InChI=1S/C20H24N2O4S/c1-4-15-22(16-14-17-8-6-5-7-9-17)20(23)18-10-12-19(13-11-18)27(24,25)21(2)26-3/h4-13H,1,14-16H2,2-3H3. The van der Waals surface area contributed by atoms with E-state index >= 15 is 0 Å². The van der Waals surface area contributed by atoms with E-state index in [1.807, 2.05) is 30.3 Å². The summed E-state index contributed by atoms with van der Waals surface area (Å²) < 4.78 is 25.2. The molecule has 0 aliphatic carbocycles. The molecular formula is C20H24N2O4S. The SMILES string of the molecule is C=CCN(CCc1ccccc1)C(=O)c1ccc(S(=O)(=O)N(C)OC)cc1. The average Bonchev–Trinajstić information content (AvgIpc) is 2.70. The highest BCUT2D eigenvalue weighted by Gasteiger charge is 2.22. The third-order valence-corrected chi connectivity index (χ3v) is 5.84. The number of amides is 1. The first-order chi connectivity index (χ1) is 12.9. The lowest BCUT2D eigenvalue weighted by atomic mass is 10.1. The van der Waals surface area contributed by atoms with E-state index in [0.717, 1.165) is 16.5 Å². The minimum Gasteiger partial charge on any atom is -0.335 e. The van der Waals surface area contributed by atoms with Crippen molar-refractivity contribution < 1.29 is 18.0 Å². The molecule has 0 N–H and O–H groups in total. The lowest BCUT2D eigenvalue weighted by Crippen LogP contribution is -2.33. The van der Waals surface area contributed by atoms with Gasteiger partial charge in [-0.15, -0.1) is 6.58 Å². The zero-order valence-corrected chi connectivity index (χ0v) is 16.4. The number of hydrogen-bond acceptors (Lipinski definition) is 4. The van der Waals surface area contributed by atoms with Crippen molar-refractivity contribution in [3.63, 3.8) is 0 Å². The first kappa shape index (κ1) is 20.8. The van der Waals surface area contributed by atoms with Crippen molar-refractivity contribution in [2.75, 3.05) is 27.2 Å². The summed E-state index contributed by atoms with van der Waals surface area (Å²) in [7, 11) is -1.16. The molecule has 0 bridgehead atoms. The van der Waals surface area contributed by atoms with Crippen LogP contribution in [0.1, 0.15) is 15.9 Å². The maximum Gasteiger partial charge on any atom is 0.264 e. The molecule has 0 saturated heterocycles. The van der Waals surface area contributed by atoms with E-state index in [2.05, 4.69) is 6.58 Å². The second-order valence-electron chi connectivity index (χ2n) is 5.90. The van der Waals surface area contributed by atoms with Gasteiger partial charge in [0.25, 0.3) is 15.9 Å². The number of hydroxylamine groups is 1. The van der Waals surface area contributed by atoms with E-state index in [9.17, 15) is 13.2 Å². The summed E-state index contributed by atoms with van der Waals surface area (Å²) in [5, 5.41) is 0. The fourth-order valence-corrected chi connectivity index (χ4v) is 3.51. The molecule has 6 nitrogen and oxygen atoms in total. The first-order valence-corrected chi connectivity index (χ1v) is 9.91. The topological polar surface area (TPSA) is 66.9 Å². The number of carbonyl (C=O) groups excluding carboxylic acids is 1. The van der Waals surface area contributed by atoms with Crippen molar-refractivity contribution in [1.82, 2.24) is 9.37 Å². The smallest absolute Gasteiger partial charge is 0.264 e. The fourth-order valence-electron chi connectivity index (χ4n) is 2.54. The second kappa shape index (κ2) is 9.45. The van der Waals surface area contributed by atoms with Crippen LogP contribution in [0, 0.1) is 0 Å². The van der Waals surface area contributed by atoms with Gasteiger partial charge in [0.05, 0.1) is 12.0 Å². The van der Waals surface area contributed by atoms with Crippen LogP contribution in [0.4, 0.5) is 0 Å². The lowest BCUT2D eigenvalue weighted by molar-refractivity contribution is -0.0258. The molecule has 0 atom stereocenters. The molecule has 144 valence electrons. The summed E-state index contributed by atoms with van der Waals surface area (Å²) in [5.41, 5.74) is 1.56. The highest BCUT2D eigenvalue weighted by Crippen LogP contribution is 2.16. The zero-order valence-electron chi connectivity index (χ0n) is 15.5. The van der Waals surface area contributed by atoms with Crippen LogP contribution in [-0.2, 0) is 21.3 Å². The minimum atomic E-state index is -3.74. The third-order valence-electron chi connectivity index (χ3n) is 4.14. The Bertz CT molecular complexity index is 865. The van der Waals surface area contributed by atoms with Gasteiger partial charge in [0.1, 0.15) is 0 Å². The maximum atomic E-state index is 12.8. The fraction of sp³-hybridized carbons (Fsp3) is 0.250. The van der Waals surface area contributed by atoms with Crippen LogP contribution in [0.15, 0.2) is 72.1 Å². The molecule has 0 unspecified atom stereocenters. The first-order valence-electron chi connectivity index (χ1n) is 8.47. The van der Waals surface area contributed by atoms with Crippen LogP contribution < -0.4 is 0 Å². The van der Waals surface area contributed by atoms with Crippen LogP contribution in [-0.4, -0.2) is 50.9 Å². The minimum absolute atomic E-state index is 0.0583. The predicted molar refractivity (Wildman–Crippen MR) is 105 cm³/mol. The number of hydrogen-bond donors (Lipinski definition) is 0. The number of rotatable bonds is 9. The van der Waals surface area contributed by atoms with Crippen LogP contribution in [0.5, 0.6) is 0 Å². The Morgan fingerprint density at radius 1 is 1.11 bits per heavy atom. The van der Waals surface area contributed by atoms with Crippen molar-refractivity contribution in [3.8, 4) is 0 Å². The molecule has 0 fully saturated rings. The highest BCUT2D eigenvalue weighted by molar-refractivity contribution is 7.89. The quantitative estimate of drug-likeness (QED) is 0.489. The van der Waals surface area contributed by atoms with Gasteiger partial charge in [0, 0.05) is 25.7 Å². The van der Waals surface area contributed by atoms with Crippen molar-refractivity contribution >= 4 is 15.9 Å². The van der Waals surface area contributed by atoms with Gasteiger partial charge in [0.15, 0.2) is 0 Å². The second-order valence-corrected chi connectivity index (χ2v) is 7.83. The average molecular weight is 388 g/mol. The van der Waals surface area contributed by atoms with Crippen LogP contribution in [0.2, 0.25) is 0 Å². The van der Waals surface area contributed by atoms with E-state index in [4.69, 9.17) is 4.84 Å². The van der Waals surface area contributed by atoms with Gasteiger partial charge >= 0.3 is 0 Å². The number of nitrogens with zero attached hydrogens (tertiary/aromatic N) is 2. The van der Waals surface area contributed by atoms with E-state index in [-0.39, 0.29) is 10.8 Å². The normalized spacial score (nSPS) is 11.4. The summed E-state index contributed by atoms with van der Waals surface area (Å²) in [6.45, 7) is 4.67. The molecule has 0 spiro atoms. The Morgan fingerprint density at radius 3 is 2.30 bits per heavy atom. The molecule has 1 amide bonds. The third kappa shape index (κ3) is 5.26. The monoisotopic (exact) mass is 388 g/mol. The van der Waals surface area contributed by atoms with Gasteiger partial charge in [-0.05, 0) is 36.2 Å². The van der Waals surface area contributed by atoms with Gasteiger partial charge in [-0.25, -0.2) is 8.42 Å². The predicted octanol–water partition coefficient (Wildman–Crippen LogP) is 2.74. The van der Waals surface area contributed by atoms with Gasteiger partial charge in [-0.2, -0.15) is 0 Å². The van der Waals surface area contributed by atoms with Crippen LogP contribution in [0.3, 0.4) is 0 Å². The summed E-state index contributed by atoms with van der Waals surface area (Å²) in [4.78, 5) is 19.3. The lowest BCUT2D eigenvalue weighted by Gasteiger charge is -2.21.